The third-order valence-electron chi connectivity index (χ3n) is 4.14. The SMILES string of the molecule is CC(=O)N1CCCCCC2NCCC21C. The number of nitrogens with zero attached hydrogens (tertiary/aromatic N) is 1. The van der Waals surface area contributed by atoms with E-state index in [0.29, 0.717) is 6.04 Å². The van der Waals surface area contributed by atoms with Gasteiger partial charge < -0.3 is 10.2 Å². The molecule has 3 heteroatoms. The molecule has 0 radical (unpaired) electrons. The van der Waals surface area contributed by atoms with Crippen molar-refractivity contribution in [1.29, 1.82) is 0 Å². The summed E-state index contributed by atoms with van der Waals surface area (Å²) in [5, 5.41) is 3.56. The van der Waals surface area contributed by atoms with Gasteiger partial charge in [-0.25, -0.2) is 0 Å². The minimum atomic E-state index is 0.0756. The summed E-state index contributed by atoms with van der Waals surface area (Å²) in [7, 11) is 0. The van der Waals surface area contributed by atoms with Crippen LogP contribution in [0.5, 0.6) is 0 Å². The molecule has 2 heterocycles. The molecule has 2 aliphatic heterocycles. The van der Waals surface area contributed by atoms with Crippen LogP contribution >= 0.6 is 0 Å². The van der Waals surface area contributed by atoms with Crippen LogP contribution in [0.4, 0.5) is 0 Å². The molecule has 0 saturated carbocycles. The maximum atomic E-state index is 11.7. The Balaban J connectivity index is 2.21. The van der Waals surface area contributed by atoms with Crippen molar-refractivity contribution in [2.45, 2.75) is 57.5 Å². The molecule has 0 aromatic heterocycles. The molecule has 86 valence electrons. The number of rotatable bonds is 0. The molecular formula is C12H22N2O. The van der Waals surface area contributed by atoms with Crippen molar-refractivity contribution in [3.8, 4) is 0 Å². The van der Waals surface area contributed by atoms with Gasteiger partial charge in [0.25, 0.3) is 0 Å². The minimum Gasteiger partial charge on any atom is -0.336 e. The number of hydrogen-bond acceptors (Lipinski definition) is 2. The lowest BCUT2D eigenvalue weighted by atomic mass is 9.85. The molecule has 2 saturated heterocycles. The zero-order valence-electron chi connectivity index (χ0n) is 9.88. The van der Waals surface area contributed by atoms with Gasteiger partial charge in [-0.2, -0.15) is 0 Å². The van der Waals surface area contributed by atoms with E-state index < -0.39 is 0 Å². The van der Waals surface area contributed by atoms with E-state index in [4.69, 9.17) is 0 Å². The first kappa shape index (κ1) is 10.9. The molecule has 0 aromatic carbocycles. The Kier molecular flexibility index (Phi) is 3.01. The van der Waals surface area contributed by atoms with Crippen molar-refractivity contribution in [3.05, 3.63) is 0 Å². The Morgan fingerprint density at radius 1 is 1.40 bits per heavy atom. The Morgan fingerprint density at radius 3 is 2.93 bits per heavy atom. The Labute approximate surface area is 92.2 Å². The lowest BCUT2D eigenvalue weighted by Crippen LogP contribution is -2.56. The molecule has 3 nitrogen and oxygen atoms in total. The predicted molar refractivity (Wildman–Crippen MR) is 60.7 cm³/mol. The number of likely N-dealkylation sites (tertiary alicyclic amines) is 1. The van der Waals surface area contributed by atoms with Crippen LogP contribution in [-0.2, 0) is 4.79 Å². The van der Waals surface area contributed by atoms with E-state index in [9.17, 15) is 4.79 Å². The Bertz CT molecular complexity index is 254. The molecule has 1 N–H and O–H groups in total. The second kappa shape index (κ2) is 4.12. The van der Waals surface area contributed by atoms with Crippen LogP contribution < -0.4 is 5.32 Å². The summed E-state index contributed by atoms with van der Waals surface area (Å²) in [6.07, 6.45) is 6.07. The van der Waals surface area contributed by atoms with Crippen LogP contribution in [0.1, 0.15) is 46.0 Å². The second-order valence-corrected chi connectivity index (χ2v) is 5.13. The van der Waals surface area contributed by atoms with Crippen LogP contribution in [0.3, 0.4) is 0 Å². The third kappa shape index (κ3) is 1.89. The molecule has 2 rings (SSSR count). The van der Waals surface area contributed by atoms with Crippen LogP contribution in [0, 0.1) is 0 Å². The average molecular weight is 210 g/mol. The minimum absolute atomic E-state index is 0.0756. The molecule has 1 amide bonds. The molecule has 2 aliphatic rings. The summed E-state index contributed by atoms with van der Waals surface area (Å²) in [5.74, 6) is 0.244. The normalized spacial score (nSPS) is 36.9. The van der Waals surface area contributed by atoms with Crippen molar-refractivity contribution in [2.24, 2.45) is 0 Å². The first-order chi connectivity index (χ1) is 7.14. The van der Waals surface area contributed by atoms with Crippen LogP contribution in [-0.4, -0.2) is 35.5 Å². The maximum absolute atomic E-state index is 11.7. The summed E-state index contributed by atoms with van der Waals surface area (Å²) in [6.45, 7) is 5.97. The van der Waals surface area contributed by atoms with Gasteiger partial charge in [0, 0.05) is 19.5 Å². The molecule has 0 spiro atoms. The van der Waals surface area contributed by atoms with Crippen molar-refractivity contribution in [2.75, 3.05) is 13.1 Å². The molecule has 0 aromatic rings. The van der Waals surface area contributed by atoms with E-state index in [-0.39, 0.29) is 11.4 Å². The fourth-order valence-electron chi connectivity index (χ4n) is 3.20. The van der Waals surface area contributed by atoms with E-state index in [1.807, 2.05) is 0 Å². The first-order valence-electron chi connectivity index (χ1n) is 6.16. The molecule has 0 bridgehead atoms. The van der Waals surface area contributed by atoms with Crippen molar-refractivity contribution >= 4 is 5.91 Å². The highest BCUT2D eigenvalue weighted by Gasteiger charge is 2.44. The molecule has 2 atom stereocenters. The van der Waals surface area contributed by atoms with Crippen molar-refractivity contribution < 1.29 is 4.79 Å². The lowest BCUT2D eigenvalue weighted by Gasteiger charge is -2.43. The zero-order valence-corrected chi connectivity index (χ0v) is 9.88. The molecule has 2 unspecified atom stereocenters. The third-order valence-corrected chi connectivity index (χ3v) is 4.14. The number of carbonyl (C=O) groups excluding carboxylic acids is 1. The van der Waals surface area contributed by atoms with E-state index in [1.165, 1.54) is 25.7 Å². The van der Waals surface area contributed by atoms with Gasteiger partial charge in [-0.05, 0) is 32.7 Å². The van der Waals surface area contributed by atoms with Gasteiger partial charge in [0.1, 0.15) is 0 Å². The molecular weight excluding hydrogens is 188 g/mol. The van der Waals surface area contributed by atoms with E-state index >= 15 is 0 Å². The molecule has 2 fully saturated rings. The van der Waals surface area contributed by atoms with Gasteiger partial charge in [0.05, 0.1) is 5.54 Å². The van der Waals surface area contributed by atoms with E-state index in [1.54, 1.807) is 6.92 Å². The zero-order chi connectivity index (χ0) is 10.9. The number of carbonyl (C=O) groups is 1. The lowest BCUT2D eigenvalue weighted by molar-refractivity contribution is -0.135. The highest BCUT2D eigenvalue weighted by atomic mass is 16.2. The van der Waals surface area contributed by atoms with Crippen LogP contribution in [0.15, 0.2) is 0 Å². The number of amides is 1. The summed E-state index contributed by atoms with van der Waals surface area (Å²) >= 11 is 0. The quantitative estimate of drug-likeness (QED) is 0.657. The van der Waals surface area contributed by atoms with E-state index in [0.717, 1.165) is 19.5 Å². The smallest absolute Gasteiger partial charge is 0.219 e. The summed E-state index contributed by atoms with van der Waals surface area (Å²) in [5.41, 5.74) is 0.0756. The summed E-state index contributed by atoms with van der Waals surface area (Å²) in [6, 6.07) is 0.515. The van der Waals surface area contributed by atoms with Crippen LogP contribution in [0.25, 0.3) is 0 Å². The fraction of sp³-hybridized carbons (Fsp3) is 0.917. The summed E-state index contributed by atoms with van der Waals surface area (Å²) < 4.78 is 0. The Morgan fingerprint density at radius 2 is 2.20 bits per heavy atom. The van der Waals surface area contributed by atoms with Gasteiger partial charge in [0.15, 0.2) is 0 Å². The van der Waals surface area contributed by atoms with Crippen molar-refractivity contribution in [3.63, 3.8) is 0 Å². The predicted octanol–water partition coefficient (Wildman–Crippen LogP) is 1.53. The van der Waals surface area contributed by atoms with Gasteiger partial charge in [-0.15, -0.1) is 0 Å². The van der Waals surface area contributed by atoms with E-state index in [2.05, 4.69) is 17.1 Å². The standard InChI is InChI=1S/C12H22N2O/c1-10(15)14-9-5-3-4-6-11-12(14,2)7-8-13-11/h11,13H,3-9H2,1-2H3. The molecule has 15 heavy (non-hydrogen) atoms. The monoisotopic (exact) mass is 210 g/mol. The second-order valence-electron chi connectivity index (χ2n) is 5.13. The number of fused-ring (bicyclic) bond motifs is 1. The van der Waals surface area contributed by atoms with Crippen LogP contribution in [0.2, 0.25) is 0 Å². The Hall–Kier alpha value is -0.570. The fourth-order valence-corrected chi connectivity index (χ4v) is 3.20. The highest BCUT2D eigenvalue weighted by molar-refractivity contribution is 5.74. The maximum Gasteiger partial charge on any atom is 0.219 e. The van der Waals surface area contributed by atoms with Gasteiger partial charge in [-0.1, -0.05) is 12.8 Å². The highest BCUT2D eigenvalue weighted by Crippen LogP contribution is 2.33. The molecule has 0 aliphatic carbocycles. The van der Waals surface area contributed by atoms with Gasteiger partial charge in [-0.3, -0.25) is 4.79 Å². The van der Waals surface area contributed by atoms with Crippen molar-refractivity contribution in [1.82, 2.24) is 10.2 Å². The first-order valence-corrected chi connectivity index (χ1v) is 6.16. The topological polar surface area (TPSA) is 32.3 Å². The largest absolute Gasteiger partial charge is 0.336 e. The van der Waals surface area contributed by atoms with Gasteiger partial charge >= 0.3 is 0 Å². The summed E-state index contributed by atoms with van der Waals surface area (Å²) in [4.78, 5) is 13.8. The number of hydrogen-bond donors (Lipinski definition) is 1. The average Bonchev–Trinajstić information content (AvgIpc) is 2.49. The van der Waals surface area contributed by atoms with Gasteiger partial charge in [0.2, 0.25) is 5.91 Å². The number of nitrogens with one attached hydrogen (secondary N) is 1.